The van der Waals surface area contributed by atoms with Gasteiger partial charge in [0.2, 0.25) is 5.91 Å². The summed E-state index contributed by atoms with van der Waals surface area (Å²) in [7, 11) is 0. The summed E-state index contributed by atoms with van der Waals surface area (Å²) in [6, 6.07) is 4.11. The molecule has 0 unspecified atom stereocenters. The Kier molecular flexibility index (Phi) is 3.16. The number of hydrogen-bond donors (Lipinski definition) is 1. The Hall–Kier alpha value is -0.870. The van der Waals surface area contributed by atoms with E-state index in [-0.39, 0.29) is 5.91 Å². The molecule has 0 aromatic carbocycles. The van der Waals surface area contributed by atoms with Gasteiger partial charge in [-0.2, -0.15) is 0 Å². The lowest BCUT2D eigenvalue weighted by atomic mass is 10.3. The highest BCUT2D eigenvalue weighted by molar-refractivity contribution is 7.09. The van der Waals surface area contributed by atoms with Gasteiger partial charge in [0.05, 0.1) is 6.54 Å². The van der Waals surface area contributed by atoms with E-state index in [2.05, 4.69) is 16.8 Å². The maximum absolute atomic E-state index is 11.6. The van der Waals surface area contributed by atoms with Crippen molar-refractivity contribution in [3.05, 3.63) is 22.4 Å². The molecule has 1 aliphatic rings. The fourth-order valence-corrected chi connectivity index (χ4v) is 2.29. The van der Waals surface area contributed by atoms with Crippen LogP contribution in [0.5, 0.6) is 0 Å². The van der Waals surface area contributed by atoms with Gasteiger partial charge in [0.25, 0.3) is 0 Å². The molecule has 1 saturated heterocycles. The van der Waals surface area contributed by atoms with Crippen molar-refractivity contribution in [2.45, 2.75) is 13.0 Å². The van der Waals surface area contributed by atoms with E-state index >= 15 is 0 Å². The van der Waals surface area contributed by atoms with Gasteiger partial charge in [-0.3, -0.25) is 4.79 Å². The summed E-state index contributed by atoms with van der Waals surface area (Å²) in [5, 5.41) is 5.28. The van der Waals surface area contributed by atoms with Crippen LogP contribution in [0.25, 0.3) is 0 Å². The maximum atomic E-state index is 11.6. The van der Waals surface area contributed by atoms with E-state index in [0.717, 1.165) is 26.2 Å². The van der Waals surface area contributed by atoms with E-state index in [1.807, 2.05) is 11.0 Å². The molecule has 0 spiro atoms. The second-order valence-electron chi connectivity index (χ2n) is 3.39. The van der Waals surface area contributed by atoms with Crippen LogP contribution in [0.4, 0.5) is 0 Å². The van der Waals surface area contributed by atoms with Crippen molar-refractivity contribution in [1.82, 2.24) is 10.2 Å². The van der Waals surface area contributed by atoms with Crippen molar-refractivity contribution in [1.29, 1.82) is 0 Å². The molecule has 0 bridgehead atoms. The fourth-order valence-electron chi connectivity index (χ4n) is 1.58. The smallest absolute Gasteiger partial charge is 0.224 e. The Balaban J connectivity index is 1.98. The van der Waals surface area contributed by atoms with Crippen molar-refractivity contribution >= 4 is 17.2 Å². The predicted octanol–water partition coefficient (Wildman–Crippen LogP) is 1.07. The standard InChI is InChI=1S/C10H14N2OS/c13-10-3-4-11-5-6-12(10)8-9-2-1-7-14-9/h1-2,7,11H,3-6,8H2. The summed E-state index contributed by atoms with van der Waals surface area (Å²) in [6.45, 7) is 3.34. The quantitative estimate of drug-likeness (QED) is 0.792. The van der Waals surface area contributed by atoms with Gasteiger partial charge in [-0.25, -0.2) is 0 Å². The second kappa shape index (κ2) is 4.57. The molecule has 2 rings (SSSR count). The van der Waals surface area contributed by atoms with Crippen molar-refractivity contribution in [3.8, 4) is 0 Å². The van der Waals surface area contributed by atoms with E-state index in [1.54, 1.807) is 11.3 Å². The minimum atomic E-state index is 0.267. The SMILES string of the molecule is O=C1CCNCCN1Cc1cccs1. The van der Waals surface area contributed by atoms with Crippen LogP contribution in [-0.4, -0.2) is 30.4 Å². The second-order valence-corrected chi connectivity index (χ2v) is 4.43. The Morgan fingerprint density at radius 2 is 2.43 bits per heavy atom. The minimum Gasteiger partial charge on any atom is -0.336 e. The first-order valence-electron chi connectivity index (χ1n) is 4.87. The van der Waals surface area contributed by atoms with E-state index in [4.69, 9.17) is 0 Å². The van der Waals surface area contributed by atoms with E-state index in [0.29, 0.717) is 6.42 Å². The average molecular weight is 210 g/mol. The van der Waals surface area contributed by atoms with Crippen molar-refractivity contribution in [3.63, 3.8) is 0 Å². The van der Waals surface area contributed by atoms with Gasteiger partial charge >= 0.3 is 0 Å². The summed E-state index contributed by atoms with van der Waals surface area (Å²) in [5.41, 5.74) is 0. The van der Waals surface area contributed by atoms with Crippen molar-refractivity contribution in [2.75, 3.05) is 19.6 Å². The van der Waals surface area contributed by atoms with Crippen LogP contribution in [0.15, 0.2) is 17.5 Å². The largest absolute Gasteiger partial charge is 0.336 e. The van der Waals surface area contributed by atoms with E-state index in [1.165, 1.54) is 4.88 Å². The molecule has 1 N–H and O–H groups in total. The fraction of sp³-hybridized carbons (Fsp3) is 0.500. The van der Waals surface area contributed by atoms with Crippen molar-refractivity contribution in [2.24, 2.45) is 0 Å². The lowest BCUT2D eigenvalue weighted by Gasteiger charge is -2.18. The normalized spacial score (nSPS) is 18.3. The number of nitrogens with one attached hydrogen (secondary N) is 1. The van der Waals surface area contributed by atoms with Crippen LogP contribution in [0.3, 0.4) is 0 Å². The first kappa shape index (κ1) is 9.68. The Labute approximate surface area is 87.7 Å². The molecular weight excluding hydrogens is 196 g/mol. The molecule has 0 atom stereocenters. The third-order valence-corrected chi connectivity index (χ3v) is 3.21. The Morgan fingerprint density at radius 1 is 1.50 bits per heavy atom. The first-order chi connectivity index (χ1) is 6.86. The number of hydrogen-bond acceptors (Lipinski definition) is 3. The number of nitrogens with zero attached hydrogens (tertiary/aromatic N) is 1. The van der Waals surface area contributed by atoms with Gasteiger partial charge in [-0.05, 0) is 11.4 Å². The highest BCUT2D eigenvalue weighted by Crippen LogP contribution is 2.12. The highest BCUT2D eigenvalue weighted by atomic mass is 32.1. The van der Waals surface area contributed by atoms with Crippen LogP contribution in [0.2, 0.25) is 0 Å². The zero-order chi connectivity index (χ0) is 9.80. The molecule has 3 nitrogen and oxygen atoms in total. The molecule has 1 aromatic heterocycles. The van der Waals surface area contributed by atoms with Crippen LogP contribution in [0.1, 0.15) is 11.3 Å². The third-order valence-electron chi connectivity index (χ3n) is 2.35. The van der Waals surface area contributed by atoms with E-state index < -0.39 is 0 Å². The van der Waals surface area contributed by atoms with Gasteiger partial charge in [0, 0.05) is 30.9 Å². The molecule has 1 amide bonds. The van der Waals surface area contributed by atoms with Gasteiger partial charge < -0.3 is 10.2 Å². The monoisotopic (exact) mass is 210 g/mol. The minimum absolute atomic E-state index is 0.267. The van der Waals surface area contributed by atoms with Crippen LogP contribution >= 0.6 is 11.3 Å². The highest BCUT2D eigenvalue weighted by Gasteiger charge is 2.16. The predicted molar refractivity (Wildman–Crippen MR) is 57.2 cm³/mol. The molecule has 0 radical (unpaired) electrons. The summed E-state index contributed by atoms with van der Waals surface area (Å²) < 4.78 is 0. The van der Waals surface area contributed by atoms with Gasteiger partial charge in [-0.1, -0.05) is 6.07 Å². The Morgan fingerprint density at radius 3 is 3.21 bits per heavy atom. The van der Waals surface area contributed by atoms with E-state index in [9.17, 15) is 4.79 Å². The summed E-state index contributed by atoms with van der Waals surface area (Å²) in [4.78, 5) is 14.8. The summed E-state index contributed by atoms with van der Waals surface area (Å²) >= 11 is 1.71. The molecule has 76 valence electrons. The van der Waals surface area contributed by atoms with Gasteiger partial charge in [0.15, 0.2) is 0 Å². The lowest BCUT2D eigenvalue weighted by molar-refractivity contribution is -0.130. The molecule has 0 aliphatic carbocycles. The number of thiophene rings is 1. The number of rotatable bonds is 2. The third kappa shape index (κ3) is 2.33. The lowest BCUT2D eigenvalue weighted by Crippen LogP contribution is -2.31. The topological polar surface area (TPSA) is 32.3 Å². The molecule has 1 fully saturated rings. The summed E-state index contributed by atoms with van der Waals surface area (Å²) in [5.74, 6) is 0.267. The molecule has 14 heavy (non-hydrogen) atoms. The van der Waals surface area contributed by atoms with Gasteiger partial charge in [0.1, 0.15) is 0 Å². The first-order valence-corrected chi connectivity index (χ1v) is 5.75. The van der Waals surface area contributed by atoms with Crippen LogP contribution in [-0.2, 0) is 11.3 Å². The molecular formula is C10H14N2OS. The van der Waals surface area contributed by atoms with Crippen molar-refractivity contribution < 1.29 is 4.79 Å². The van der Waals surface area contributed by atoms with Gasteiger partial charge in [-0.15, -0.1) is 11.3 Å². The molecule has 4 heteroatoms. The zero-order valence-electron chi connectivity index (χ0n) is 8.03. The number of carbonyl (C=O) groups is 1. The average Bonchev–Trinajstić information content (AvgIpc) is 2.60. The van der Waals surface area contributed by atoms with Crippen LogP contribution < -0.4 is 5.32 Å². The number of carbonyl (C=O) groups excluding carboxylic acids is 1. The zero-order valence-corrected chi connectivity index (χ0v) is 8.85. The number of amides is 1. The molecule has 2 heterocycles. The van der Waals surface area contributed by atoms with Crippen LogP contribution in [0, 0.1) is 0 Å². The molecule has 0 saturated carbocycles. The molecule has 1 aliphatic heterocycles. The maximum Gasteiger partial charge on any atom is 0.224 e. The molecule has 1 aromatic rings. The Bertz CT molecular complexity index is 297. The summed E-state index contributed by atoms with van der Waals surface area (Å²) in [6.07, 6.45) is 0.630.